The van der Waals surface area contributed by atoms with Gasteiger partial charge in [-0.1, -0.05) is 0 Å². The number of fused-ring (bicyclic) bond motifs is 1. The first kappa shape index (κ1) is 17.3. The van der Waals surface area contributed by atoms with E-state index in [1.54, 1.807) is 23.2 Å². The first-order valence-corrected chi connectivity index (χ1v) is 9.11. The van der Waals surface area contributed by atoms with E-state index in [1.165, 1.54) is 0 Å². The molecule has 3 aromatic rings. The van der Waals surface area contributed by atoms with Crippen LogP contribution in [-0.2, 0) is 0 Å². The third-order valence-electron chi connectivity index (χ3n) is 4.92. The summed E-state index contributed by atoms with van der Waals surface area (Å²) in [7, 11) is 0. The standard InChI is InChI=1S/C20H22N4O3/c1-13-5-8-24-12-16(22-18(24)11-13)20(26)23-9-6-15(7-10-23)21-19(25)17-4-3-14(2)27-17/h3-5,8,11-12,15H,6-7,9-10H2,1-2H3,(H,21,25). The Morgan fingerprint density at radius 1 is 1.19 bits per heavy atom. The van der Waals surface area contributed by atoms with Gasteiger partial charge in [0.15, 0.2) is 5.76 Å². The van der Waals surface area contributed by atoms with E-state index >= 15 is 0 Å². The first-order valence-electron chi connectivity index (χ1n) is 9.11. The summed E-state index contributed by atoms with van der Waals surface area (Å²) in [5.41, 5.74) is 2.33. The molecule has 4 heterocycles. The minimum absolute atomic E-state index is 0.0377. The second kappa shape index (κ2) is 6.90. The van der Waals surface area contributed by atoms with Gasteiger partial charge in [0.25, 0.3) is 11.8 Å². The van der Waals surface area contributed by atoms with E-state index in [0.717, 1.165) is 11.2 Å². The van der Waals surface area contributed by atoms with Crippen LogP contribution in [0.5, 0.6) is 0 Å². The molecule has 0 aromatic carbocycles. The van der Waals surface area contributed by atoms with E-state index in [9.17, 15) is 9.59 Å². The molecule has 0 atom stereocenters. The lowest BCUT2D eigenvalue weighted by Crippen LogP contribution is -2.46. The number of pyridine rings is 1. The maximum Gasteiger partial charge on any atom is 0.287 e. The molecule has 1 aliphatic heterocycles. The van der Waals surface area contributed by atoms with Crippen molar-refractivity contribution in [3.05, 3.63) is 59.4 Å². The second-order valence-corrected chi connectivity index (χ2v) is 7.05. The number of nitrogens with one attached hydrogen (secondary N) is 1. The quantitative estimate of drug-likeness (QED) is 0.773. The summed E-state index contributed by atoms with van der Waals surface area (Å²) in [5.74, 6) is 0.764. The topological polar surface area (TPSA) is 79.9 Å². The number of aryl methyl sites for hydroxylation is 2. The summed E-state index contributed by atoms with van der Waals surface area (Å²) in [6, 6.07) is 7.42. The van der Waals surface area contributed by atoms with Crippen LogP contribution in [0.15, 0.2) is 41.1 Å². The van der Waals surface area contributed by atoms with Gasteiger partial charge in [-0.15, -0.1) is 0 Å². The highest BCUT2D eigenvalue weighted by Crippen LogP contribution is 2.16. The van der Waals surface area contributed by atoms with Crippen molar-refractivity contribution in [3.8, 4) is 0 Å². The van der Waals surface area contributed by atoms with Crippen molar-refractivity contribution in [3.63, 3.8) is 0 Å². The predicted octanol–water partition coefficient (Wildman–Crippen LogP) is 2.58. The highest BCUT2D eigenvalue weighted by Gasteiger charge is 2.26. The average molecular weight is 366 g/mol. The number of aromatic nitrogens is 2. The van der Waals surface area contributed by atoms with E-state index in [-0.39, 0.29) is 17.9 Å². The number of hydrogen-bond acceptors (Lipinski definition) is 4. The Kier molecular flexibility index (Phi) is 4.43. The lowest BCUT2D eigenvalue weighted by Gasteiger charge is -2.31. The van der Waals surface area contributed by atoms with Gasteiger partial charge < -0.3 is 19.0 Å². The van der Waals surface area contributed by atoms with Crippen molar-refractivity contribution in [1.29, 1.82) is 0 Å². The minimum atomic E-state index is -0.205. The van der Waals surface area contributed by atoms with Crippen LogP contribution in [0.1, 0.15) is 45.2 Å². The van der Waals surface area contributed by atoms with Crippen molar-refractivity contribution in [1.82, 2.24) is 19.6 Å². The molecule has 0 spiro atoms. The molecule has 7 heteroatoms. The summed E-state index contributed by atoms with van der Waals surface area (Å²) in [5, 5.41) is 2.99. The minimum Gasteiger partial charge on any atom is -0.456 e. The van der Waals surface area contributed by atoms with Crippen LogP contribution in [0, 0.1) is 13.8 Å². The van der Waals surface area contributed by atoms with Crippen LogP contribution < -0.4 is 5.32 Å². The molecule has 0 bridgehead atoms. The van der Waals surface area contributed by atoms with Gasteiger partial charge in [0, 0.05) is 31.5 Å². The number of piperidine rings is 1. The van der Waals surface area contributed by atoms with Gasteiger partial charge >= 0.3 is 0 Å². The molecule has 0 radical (unpaired) electrons. The van der Waals surface area contributed by atoms with Gasteiger partial charge in [-0.3, -0.25) is 9.59 Å². The Morgan fingerprint density at radius 3 is 2.67 bits per heavy atom. The summed E-state index contributed by atoms with van der Waals surface area (Å²) >= 11 is 0. The number of carbonyl (C=O) groups is 2. The number of rotatable bonds is 3. The zero-order chi connectivity index (χ0) is 19.0. The number of amides is 2. The molecule has 1 aliphatic rings. The molecule has 1 fully saturated rings. The molecular weight excluding hydrogens is 344 g/mol. The maximum atomic E-state index is 12.8. The van der Waals surface area contributed by atoms with E-state index in [0.29, 0.717) is 43.1 Å². The van der Waals surface area contributed by atoms with Crippen molar-refractivity contribution in [2.75, 3.05) is 13.1 Å². The van der Waals surface area contributed by atoms with Crippen molar-refractivity contribution >= 4 is 17.5 Å². The first-order chi connectivity index (χ1) is 13.0. The largest absolute Gasteiger partial charge is 0.456 e. The van der Waals surface area contributed by atoms with Crippen LogP contribution in [0.4, 0.5) is 0 Å². The lowest BCUT2D eigenvalue weighted by atomic mass is 10.0. The van der Waals surface area contributed by atoms with Crippen molar-refractivity contribution in [2.45, 2.75) is 32.7 Å². The summed E-state index contributed by atoms with van der Waals surface area (Å²) in [6.07, 6.45) is 5.10. The molecule has 2 amide bonds. The highest BCUT2D eigenvalue weighted by molar-refractivity contribution is 5.93. The number of imidazole rings is 1. The predicted molar refractivity (Wildman–Crippen MR) is 99.8 cm³/mol. The molecular formula is C20H22N4O3. The maximum absolute atomic E-state index is 12.8. The Hall–Kier alpha value is -3.09. The number of hydrogen-bond donors (Lipinski definition) is 1. The number of likely N-dealkylation sites (tertiary alicyclic amines) is 1. The number of nitrogens with zero attached hydrogens (tertiary/aromatic N) is 3. The molecule has 1 saturated heterocycles. The zero-order valence-electron chi connectivity index (χ0n) is 15.4. The Labute approximate surface area is 157 Å². The smallest absolute Gasteiger partial charge is 0.287 e. The van der Waals surface area contributed by atoms with Gasteiger partial charge in [-0.05, 0) is 56.5 Å². The monoisotopic (exact) mass is 366 g/mol. The molecule has 0 aliphatic carbocycles. The molecule has 27 heavy (non-hydrogen) atoms. The molecule has 1 N–H and O–H groups in total. The van der Waals surface area contributed by atoms with Gasteiger partial charge in [0.1, 0.15) is 17.1 Å². The number of furan rings is 1. The van der Waals surface area contributed by atoms with Gasteiger partial charge in [-0.25, -0.2) is 4.98 Å². The summed E-state index contributed by atoms with van der Waals surface area (Å²) in [4.78, 5) is 31.2. The molecule has 0 saturated carbocycles. The molecule has 4 rings (SSSR count). The van der Waals surface area contributed by atoms with Crippen LogP contribution in [0.2, 0.25) is 0 Å². The fourth-order valence-corrected chi connectivity index (χ4v) is 3.39. The third-order valence-corrected chi connectivity index (χ3v) is 4.92. The van der Waals surface area contributed by atoms with Crippen molar-refractivity contribution in [2.24, 2.45) is 0 Å². The van der Waals surface area contributed by atoms with Gasteiger partial charge in [0.05, 0.1) is 0 Å². The normalized spacial score (nSPS) is 15.3. The zero-order valence-corrected chi connectivity index (χ0v) is 15.4. The van der Waals surface area contributed by atoms with E-state index < -0.39 is 0 Å². The summed E-state index contributed by atoms with van der Waals surface area (Å²) < 4.78 is 7.21. The Balaban J connectivity index is 1.36. The molecule has 140 valence electrons. The summed E-state index contributed by atoms with van der Waals surface area (Å²) in [6.45, 7) is 4.99. The average Bonchev–Trinajstić information content (AvgIpc) is 3.27. The van der Waals surface area contributed by atoms with Crippen LogP contribution >= 0.6 is 0 Å². The van der Waals surface area contributed by atoms with Crippen LogP contribution in [0.25, 0.3) is 5.65 Å². The van der Waals surface area contributed by atoms with E-state index in [2.05, 4.69) is 10.3 Å². The molecule has 0 unspecified atom stereocenters. The van der Waals surface area contributed by atoms with E-state index in [4.69, 9.17) is 4.42 Å². The van der Waals surface area contributed by atoms with Crippen molar-refractivity contribution < 1.29 is 14.0 Å². The second-order valence-electron chi connectivity index (χ2n) is 7.05. The molecule has 3 aromatic heterocycles. The van der Waals surface area contributed by atoms with Crippen LogP contribution in [0.3, 0.4) is 0 Å². The SMILES string of the molecule is Cc1ccn2cc(C(=O)N3CCC(NC(=O)c4ccc(C)o4)CC3)nc2c1. The van der Waals surface area contributed by atoms with Gasteiger partial charge in [0.2, 0.25) is 0 Å². The fourth-order valence-electron chi connectivity index (χ4n) is 3.39. The number of carbonyl (C=O) groups excluding carboxylic acids is 2. The van der Waals surface area contributed by atoms with Gasteiger partial charge in [-0.2, -0.15) is 0 Å². The Bertz CT molecular complexity index is 996. The lowest BCUT2D eigenvalue weighted by molar-refractivity contribution is 0.0690. The molecule has 7 nitrogen and oxygen atoms in total. The fraction of sp³-hybridized carbons (Fsp3) is 0.350. The van der Waals surface area contributed by atoms with E-state index in [1.807, 2.05) is 36.6 Å². The van der Waals surface area contributed by atoms with Crippen LogP contribution in [-0.4, -0.2) is 45.2 Å². The highest BCUT2D eigenvalue weighted by atomic mass is 16.3. The Morgan fingerprint density at radius 2 is 1.96 bits per heavy atom. The third kappa shape index (κ3) is 3.58.